The van der Waals surface area contributed by atoms with Gasteiger partial charge in [0.15, 0.2) is 0 Å². The van der Waals surface area contributed by atoms with Crippen molar-refractivity contribution >= 4 is 40.9 Å². The zero-order chi connectivity index (χ0) is 16.0. The van der Waals surface area contributed by atoms with E-state index in [9.17, 15) is 0 Å². The van der Waals surface area contributed by atoms with Crippen LogP contribution in [-0.2, 0) is 4.74 Å². The first kappa shape index (κ1) is 20.9. The van der Waals surface area contributed by atoms with Crippen molar-refractivity contribution in [2.24, 2.45) is 0 Å². The van der Waals surface area contributed by atoms with Crippen LogP contribution in [0.5, 0.6) is 0 Å². The topological polar surface area (TPSA) is 33.1 Å². The highest BCUT2D eigenvalue weighted by Gasteiger charge is 2.03. The summed E-state index contributed by atoms with van der Waals surface area (Å²) in [5, 5.41) is 7.26. The van der Waals surface area contributed by atoms with Crippen molar-refractivity contribution < 1.29 is 4.74 Å². The second kappa shape index (κ2) is 9.85. The zero-order valence-corrected chi connectivity index (χ0v) is 16.6. The van der Waals surface area contributed by atoms with Crippen LogP contribution in [0.1, 0.15) is 27.8 Å². The van der Waals surface area contributed by atoms with E-state index >= 15 is 0 Å². The molecule has 0 aliphatic rings. The minimum absolute atomic E-state index is 0. The maximum absolute atomic E-state index is 7.26. The molecule has 2 aromatic rings. The summed E-state index contributed by atoms with van der Waals surface area (Å²) < 4.78 is 6.10. The van der Waals surface area contributed by atoms with Gasteiger partial charge in [-0.15, -0.1) is 12.4 Å². The first-order valence-corrected chi connectivity index (χ1v) is 7.87. The van der Waals surface area contributed by atoms with Crippen molar-refractivity contribution in [1.29, 1.82) is 5.41 Å². The van der Waals surface area contributed by atoms with Crippen molar-refractivity contribution in [2.45, 2.75) is 27.7 Å². The molecule has 0 radical (unpaired) electrons. The molecule has 2 nitrogen and oxygen atoms in total. The molecule has 0 fully saturated rings. The summed E-state index contributed by atoms with van der Waals surface area (Å²) in [5.41, 5.74) is 6.51. The Morgan fingerprint density at radius 1 is 0.955 bits per heavy atom. The molecule has 0 bridgehead atoms. The Labute approximate surface area is 153 Å². The molecule has 0 saturated heterocycles. The maximum atomic E-state index is 7.26. The van der Waals surface area contributed by atoms with Gasteiger partial charge in [-0.2, -0.15) is 0 Å². The SMILES string of the molecule is COC(=N)c1ccccc1.Cc1cc(I)c(C)c(C)c1C.Cl. The van der Waals surface area contributed by atoms with Gasteiger partial charge in [-0.1, -0.05) is 18.2 Å². The Kier molecular flexibility index (Phi) is 9.37. The number of rotatable bonds is 1. The number of halogens is 2. The molecule has 0 aliphatic heterocycles. The smallest absolute Gasteiger partial charge is 0.212 e. The quantitative estimate of drug-likeness (QED) is 0.355. The molecular weight excluding hydrogens is 409 g/mol. The third-order valence-electron chi connectivity index (χ3n) is 3.66. The molecule has 0 heterocycles. The summed E-state index contributed by atoms with van der Waals surface area (Å²) in [5.74, 6) is 0.209. The molecule has 0 aromatic heterocycles. The van der Waals surface area contributed by atoms with E-state index in [1.54, 1.807) is 0 Å². The van der Waals surface area contributed by atoms with Gasteiger partial charge in [0.25, 0.3) is 0 Å². The number of ether oxygens (including phenoxy) is 1. The molecule has 0 saturated carbocycles. The van der Waals surface area contributed by atoms with Crippen molar-refractivity contribution in [3.05, 3.63) is 67.8 Å². The van der Waals surface area contributed by atoms with Gasteiger partial charge in [0.2, 0.25) is 5.90 Å². The monoisotopic (exact) mass is 431 g/mol. The van der Waals surface area contributed by atoms with Crippen LogP contribution < -0.4 is 0 Å². The number of hydrogen-bond donors (Lipinski definition) is 1. The third-order valence-corrected chi connectivity index (χ3v) is 4.78. The lowest BCUT2D eigenvalue weighted by Gasteiger charge is -2.09. The van der Waals surface area contributed by atoms with E-state index in [0.29, 0.717) is 0 Å². The Balaban J connectivity index is 0.000000385. The minimum Gasteiger partial charge on any atom is -0.481 e. The van der Waals surface area contributed by atoms with Crippen LogP contribution in [0.25, 0.3) is 0 Å². The third kappa shape index (κ3) is 5.61. The second-order valence-electron chi connectivity index (χ2n) is 4.95. The lowest BCUT2D eigenvalue weighted by Crippen LogP contribution is -1.99. The summed E-state index contributed by atoms with van der Waals surface area (Å²) in [4.78, 5) is 0. The predicted octanol–water partition coefficient (Wildman–Crippen LogP) is 5.61. The first-order chi connectivity index (χ1) is 9.88. The normalized spacial score (nSPS) is 9.18. The summed E-state index contributed by atoms with van der Waals surface area (Å²) in [6, 6.07) is 11.6. The summed E-state index contributed by atoms with van der Waals surface area (Å²) in [6.07, 6.45) is 0. The van der Waals surface area contributed by atoms with E-state index in [-0.39, 0.29) is 18.3 Å². The fourth-order valence-corrected chi connectivity index (χ4v) is 2.74. The number of aryl methyl sites for hydroxylation is 1. The fraction of sp³-hybridized carbons (Fsp3) is 0.278. The van der Waals surface area contributed by atoms with Crippen LogP contribution in [0.3, 0.4) is 0 Å². The van der Waals surface area contributed by atoms with Gasteiger partial charge in [-0.05, 0) is 90.7 Å². The Hall–Kier alpha value is -1.07. The van der Waals surface area contributed by atoms with Crippen LogP contribution in [0.2, 0.25) is 0 Å². The summed E-state index contributed by atoms with van der Waals surface area (Å²) >= 11 is 2.39. The van der Waals surface area contributed by atoms with Gasteiger partial charge in [0, 0.05) is 9.13 Å². The van der Waals surface area contributed by atoms with Gasteiger partial charge < -0.3 is 4.74 Å². The molecule has 22 heavy (non-hydrogen) atoms. The molecule has 2 rings (SSSR count). The Morgan fingerprint density at radius 2 is 1.50 bits per heavy atom. The van der Waals surface area contributed by atoms with E-state index in [1.165, 1.54) is 32.9 Å². The highest BCUT2D eigenvalue weighted by Crippen LogP contribution is 2.21. The van der Waals surface area contributed by atoms with Gasteiger partial charge in [-0.3, -0.25) is 5.41 Å². The Morgan fingerprint density at radius 3 is 2.00 bits per heavy atom. The van der Waals surface area contributed by atoms with Gasteiger partial charge >= 0.3 is 0 Å². The number of nitrogens with one attached hydrogen (secondary N) is 1. The van der Waals surface area contributed by atoms with E-state index in [4.69, 9.17) is 10.1 Å². The molecule has 4 heteroatoms. The molecule has 0 amide bonds. The molecular formula is C18H23ClINO. The van der Waals surface area contributed by atoms with Gasteiger partial charge in [-0.25, -0.2) is 0 Å². The zero-order valence-electron chi connectivity index (χ0n) is 13.7. The molecule has 0 atom stereocenters. The van der Waals surface area contributed by atoms with Crippen molar-refractivity contribution in [1.82, 2.24) is 0 Å². The first-order valence-electron chi connectivity index (χ1n) is 6.79. The molecule has 1 N–H and O–H groups in total. The largest absolute Gasteiger partial charge is 0.481 e. The predicted molar refractivity (Wildman–Crippen MR) is 106 cm³/mol. The van der Waals surface area contributed by atoms with Crippen molar-refractivity contribution in [2.75, 3.05) is 7.11 Å². The highest BCUT2D eigenvalue weighted by atomic mass is 127. The molecule has 0 aliphatic carbocycles. The van der Waals surface area contributed by atoms with Crippen LogP contribution >= 0.6 is 35.0 Å². The van der Waals surface area contributed by atoms with Crippen LogP contribution in [-0.4, -0.2) is 13.0 Å². The molecule has 2 aromatic carbocycles. The fourth-order valence-electron chi connectivity index (χ4n) is 1.87. The average molecular weight is 432 g/mol. The maximum Gasteiger partial charge on any atom is 0.212 e. The number of methoxy groups -OCH3 is 1. The van der Waals surface area contributed by atoms with E-state index < -0.39 is 0 Å². The molecule has 0 unspecified atom stereocenters. The van der Waals surface area contributed by atoms with E-state index in [1.807, 2.05) is 30.3 Å². The van der Waals surface area contributed by atoms with Crippen LogP contribution in [0.4, 0.5) is 0 Å². The van der Waals surface area contributed by atoms with Crippen molar-refractivity contribution in [3.8, 4) is 0 Å². The lowest BCUT2D eigenvalue weighted by atomic mass is 10.0. The Bertz CT molecular complexity index is 600. The van der Waals surface area contributed by atoms with Gasteiger partial charge in [0.1, 0.15) is 0 Å². The standard InChI is InChI=1S/C10H13I.C8H9NO.ClH/c1-6-5-10(11)9(4)8(3)7(6)2;1-10-8(9)7-5-3-2-4-6-7;/h5H,1-4H3;2-6,9H,1H3;1H. The van der Waals surface area contributed by atoms with E-state index in [0.717, 1.165) is 5.56 Å². The lowest BCUT2D eigenvalue weighted by molar-refractivity contribution is 0.401. The van der Waals surface area contributed by atoms with Crippen molar-refractivity contribution in [3.63, 3.8) is 0 Å². The van der Waals surface area contributed by atoms with Crippen LogP contribution in [0.15, 0.2) is 36.4 Å². The van der Waals surface area contributed by atoms with Gasteiger partial charge in [0.05, 0.1) is 7.11 Å². The van der Waals surface area contributed by atoms with E-state index in [2.05, 4.69) is 56.4 Å². The summed E-state index contributed by atoms with van der Waals surface area (Å²) in [7, 11) is 1.50. The summed E-state index contributed by atoms with van der Waals surface area (Å²) in [6.45, 7) is 8.74. The average Bonchev–Trinajstić information content (AvgIpc) is 2.51. The molecule has 120 valence electrons. The number of benzene rings is 2. The second-order valence-corrected chi connectivity index (χ2v) is 6.11. The molecule has 0 spiro atoms. The number of hydrogen-bond acceptors (Lipinski definition) is 2. The highest BCUT2D eigenvalue weighted by molar-refractivity contribution is 14.1. The minimum atomic E-state index is 0. The van der Waals surface area contributed by atoms with Crippen LogP contribution in [0, 0.1) is 36.7 Å².